The van der Waals surface area contributed by atoms with Gasteiger partial charge in [0.25, 0.3) is 5.91 Å². The lowest BCUT2D eigenvalue weighted by Crippen LogP contribution is -2.50. The Labute approximate surface area is 215 Å². The smallest absolute Gasteiger partial charge is 0.465 e. The molecule has 39 heavy (non-hydrogen) atoms. The summed E-state index contributed by atoms with van der Waals surface area (Å²) in [5.41, 5.74) is -0.364. The zero-order valence-electron chi connectivity index (χ0n) is 20.0. The number of ether oxygens (including phenoxy) is 2. The van der Waals surface area contributed by atoms with Crippen molar-refractivity contribution in [1.29, 1.82) is 0 Å². The minimum absolute atomic E-state index is 0.0847. The lowest BCUT2D eigenvalue weighted by atomic mass is 9.98. The standard InChI is InChI=1S/C22H21F6N5O6/c1-32-14-4-2-12(21(23,24)25)8-11(14)9-16(32)17(34)29-13-3-5-15(33(10-13)20(35)36)18-30-31-19(39-18)37-6-7-38-22(26,27)28/h2,4,8-9,13,15H,3,5-7,10H2,1H3,(H,29,34)(H,35,36)/t13-,15+/m0/s1. The number of nitrogens with one attached hydrogen (secondary N) is 1. The van der Waals surface area contributed by atoms with Crippen LogP contribution in [0.25, 0.3) is 10.9 Å². The number of piperidine rings is 1. The van der Waals surface area contributed by atoms with Gasteiger partial charge in [0.05, 0.1) is 12.2 Å². The predicted octanol–water partition coefficient (Wildman–Crippen LogP) is 4.11. The maximum absolute atomic E-state index is 13.1. The molecule has 11 nitrogen and oxygen atoms in total. The second-order valence-electron chi connectivity index (χ2n) is 8.61. The molecule has 0 bridgehead atoms. The van der Waals surface area contributed by atoms with Gasteiger partial charge in [0.2, 0.25) is 5.89 Å². The zero-order chi connectivity index (χ0) is 28.5. The van der Waals surface area contributed by atoms with E-state index in [0.717, 1.165) is 17.0 Å². The van der Waals surface area contributed by atoms with Gasteiger partial charge in [0.1, 0.15) is 18.3 Å². The number of carboxylic acid groups (broad SMARTS) is 1. The molecule has 0 saturated carbocycles. The molecule has 4 rings (SSSR count). The SMILES string of the molecule is Cn1c(C(=O)N[C@H]2CC[C@H](c3nnc(OCCOC(F)(F)F)o3)N(C(=O)O)C2)cc2cc(C(F)(F)F)ccc21. The van der Waals surface area contributed by atoms with Gasteiger partial charge < -0.3 is 24.1 Å². The molecule has 2 atom stereocenters. The third kappa shape index (κ3) is 6.52. The van der Waals surface area contributed by atoms with Gasteiger partial charge in [-0.1, -0.05) is 5.10 Å². The van der Waals surface area contributed by atoms with E-state index in [2.05, 4.69) is 20.3 Å². The molecule has 3 heterocycles. The highest BCUT2D eigenvalue weighted by molar-refractivity contribution is 5.99. The molecule has 0 aliphatic carbocycles. The molecule has 0 radical (unpaired) electrons. The van der Waals surface area contributed by atoms with E-state index in [9.17, 15) is 41.0 Å². The van der Waals surface area contributed by atoms with Gasteiger partial charge in [-0.05, 0) is 37.1 Å². The molecule has 0 unspecified atom stereocenters. The average Bonchev–Trinajstić information content (AvgIpc) is 3.45. The zero-order valence-corrected chi connectivity index (χ0v) is 20.0. The Balaban J connectivity index is 1.40. The topological polar surface area (TPSA) is 132 Å². The van der Waals surface area contributed by atoms with Crippen molar-refractivity contribution in [2.75, 3.05) is 19.8 Å². The van der Waals surface area contributed by atoms with E-state index < -0.39 is 61.5 Å². The molecule has 3 aromatic rings. The van der Waals surface area contributed by atoms with Crippen LogP contribution in [0.2, 0.25) is 0 Å². The molecular formula is C22H21F6N5O6. The van der Waals surface area contributed by atoms with Crippen molar-refractivity contribution in [1.82, 2.24) is 25.0 Å². The third-order valence-corrected chi connectivity index (χ3v) is 6.05. The summed E-state index contributed by atoms with van der Waals surface area (Å²) < 4.78 is 90.4. The van der Waals surface area contributed by atoms with Crippen LogP contribution in [-0.2, 0) is 18.0 Å². The van der Waals surface area contributed by atoms with Crippen molar-refractivity contribution in [2.45, 2.75) is 37.5 Å². The minimum Gasteiger partial charge on any atom is -0.465 e. The molecule has 1 fully saturated rings. The summed E-state index contributed by atoms with van der Waals surface area (Å²) in [5, 5.41) is 19.9. The fourth-order valence-electron chi connectivity index (χ4n) is 4.26. The molecule has 2 amide bonds. The number of aromatic nitrogens is 3. The highest BCUT2D eigenvalue weighted by Crippen LogP contribution is 2.33. The number of carbonyl (C=O) groups excluding carboxylic acids is 1. The van der Waals surface area contributed by atoms with E-state index in [1.54, 1.807) is 0 Å². The first-order chi connectivity index (χ1) is 18.2. The summed E-state index contributed by atoms with van der Waals surface area (Å²) in [4.78, 5) is 25.8. The van der Waals surface area contributed by atoms with Crippen LogP contribution in [0.3, 0.4) is 0 Å². The Morgan fingerprint density at radius 1 is 1.13 bits per heavy atom. The molecule has 1 aliphatic rings. The number of fused-ring (bicyclic) bond motifs is 1. The molecule has 2 N–H and O–H groups in total. The summed E-state index contributed by atoms with van der Waals surface area (Å²) in [6.45, 7) is -1.55. The van der Waals surface area contributed by atoms with Crippen molar-refractivity contribution in [3.8, 4) is 6.08 Å². The number of hydrogen-bond acceptors (Lipinski definition) is 7. The highest BCUT2D eigenvalue weighted by Gasteiger charge is 2.37. The van der Waals surface area contributed by atoms with E-state index in [1.807, 2.05) is 0 Å². The maximum atomic E-state index is 13.1. The first-order valence-corrected chi connectivity index (χ1v) is 11.4. The average molecular weight is 565 g/mol. The van der Waals surface area contributed by atoms with E-state index in [-0.39, 0.29) is 36.4 Å². The number of halogens is 6. The number of carbonyl (C=O) groups is 2. The first kappa shape index (κ1) is 28.0. The summed E-state index contributed by atoms with van der Waals surface area (Å²) in [5.74, 6) is -0.756. The summed E-state index contributed by atoms with van der Waals surface area (Å²) in [6, 6.07) is 2.88. The van der Waals surface area contributed by atoms with E-state index in [4.69, 9.17) is 9.15 Å². The van der Waals surface area contributed by atoms with Crippen LogP contribution < -0.4 is 10.1 Å². The third-order valence-electron chi connectivity index (χ3n) is 6.05. The normalized spacial score (nSPS) is 18.4. The number of amides is 2. The monoisotopic (exact) mass is 565 g/mol. The van der Waals surface area contributed by atoms with Crippen LogP contribution in [0.5, 0.6) is 6.08 Å². The lowest BCUT2D eigenvalue weighted by molar-refractivity contribution is -0.325. The highest BCUT2D eigenvalue weighted by atomic mass is 19.4. The number of aryl methyl sites for hydroxylation is 1. The summed E-state index contributed by atoms with van der Waals surface area (Å²) >= 11 is 0. The van der Waals surface area contributed by atoms with Gasteiger partial charge in [0.15, 0.2) is 0 Å². The molecule has 17 heteroatoms. The second-order valence-corrected chi connectivity index (χ2v) is 8.61. The first-order valence-electron chi connectivity index (χ1n) is 11.4. The Bertz CT molecular complexity index is 1350. The fraction of sp³-hybridized carbons (Fsp3) is 0.455. The van der Waals surface area contributed by atoms with Crippen molar-refractivity contribution >= 4 is 22.9 Å². The summed E-state index contributed by atoms with van der Waals surface area (Å²) in [6.07, 6.45) is -10.8. The van der Waals surface area contributed by atoms with Crippen LogP contribution >= 0.6 is 0 Å². The van der Waals surface area contributed by atoms with Gasteiger partial charge in [-0.3, -0.25) is 14.4 Å². The van der Waals surface area contributed by atoms with Crippen LogP contribution in [0.1, 0.15) is 40.8 Å². The van der Waals surface area contributed by atoms with Gasteiger partial charge in [-0.25, -0.2) is 4.79 Å². The number of rotatable bonds is 7. The molecule has 1 aliphatic heterocycles. The van der Waals surface area contributed by atoms with Crippen LogP contribution in [0.4, 0.5) is 31.1 Å². The van der Waals surface area contributed by atoms with Crippen LogP contribution in [-0.4, -0.2) is 68.9 Å². The van der Waals surface area contributed by atoms with Crippen LogP contribution in [0.15, 0.2) is 28.7 Å². The number of alkyl halides is 6. The predicted molar refractivity (Wildman–Crippen MR) is 118 cm³/mol. The largest absolute Gasteiger partial charge is 0.522 e. The second kappa shape index (κ2) is 10.6. The Hall–Kier alpha value is -4.02. The van der Waals surface area contributed by atoms with Gasteiger partial charge in [-0.2, -0.15) is 13.2 Å². The van der Waals surface area contributed by atoms with E-state index in [0.29, 0.717) is 5.52 Å². The molecule has 0 spiro atoms. The quantitative estimate of drug-likeness (QED) is 0.323. The van der Waals surface area contributed by atoms with Gasteiger partial charge in [0, 0.05) is 30.5 Å². The van der Waals surface area contributed by atoms with E-state index in [1.165, 1.54) is 23.7 Å². The number of nitrogens with zero attached hydrogens (tertiary/aromatic N) is 4. The fourth-order valence-corrected chi connectivity index (χ4v) is 4.26. The van der Waals surface area contributed by atoms with E-state index >= 15 is 0 Å². The van der Waals surface area contributed by atoms with Crippen molar-refractivity contribution < 1.29 is 54.9 Å². The van der Waals surface area contributed by atoms with Gasteiger partial charge >= 0.3 is 24.7 Å². The van der Waals surface area contributed by atoms with Crippen molar-refractivity contribution in [3.05, 3.63) is 41.4 Å². The van der Waals surface area contributed by atoms with Gasteiger partial charge in [-0.15, -0.1) is 18.3 Å². The minimum atomic E-state index is -4.83. The van der Waals surface area contributed by atoms with Crippen molar-refractivity contribution in [3.63, 3.8) is 0 Å². The lowest BCUT2D eigenvalue weighted by Gasteiger charge is -2.36. The molecular weight excluding hydrogens is 544 g/mol. The molecule has 1 saturated heterocycles. The number of likely N-dealkylation sites (tertiary alicyclic amines) is 1. The van der Waals surface area contributed by atoms with Crippen molar-refractivity contribution in [2.24, 2.45) is 7.05 Å². The van der Waals surface area contributed by atoms with Crippen LogP contribution in [0, 0.1) is 0 Å². The number of hydrogen-bond donors (Lipinski definition) is 2. The molecule has 2 aromatic heterocycles. The molecule has 1 aromatic carbocycles. The summed E-state index contributed by atoms with van der Waals surface area (Å²) in [7, 11) is 1.52. The maximum Gasteiger partial charge on any atom is 0.522 e. The molecule has 212 valence electrons. The number of benzene rings is 1. The Morgan fingerprint density at radius 2 is 1.87 bits per heavy atom. The Kier molecular flexibility index (Phi) is 7.63. The Morgan fingerprint density at radius 3 is 2.54 bits per heavy atom.